The topological polar surface area (TPSA) is 155 Å². The molecule has 33 heavy (non-hydrogen) atoms. The van der Waals surface area contributed by atoms with E-state index >= 15 is 0 Å². The summed E-state index contributed by atoms with van der Waals surface area (Å²) in [7, 11) is 0. The van der Waals surface area contributed by atoms with E-state index in [1.807, 2.05) is 0 Å². The number of benzene rings is 2. The van der Waals surface area contributed by atoms with E-state index in [9.17, 15) is 18.8 Å². The quantitative estimate of drug-likeness (QED) is 0.427. The number of primary amides is 2. The van der Waals surface area contributed by atoms with Crippen molar-refractivity contribution in [2.24, 2.45) is 11.5 Å². The number of hydrogen-bond acceptors (Lipinski definition) is 6. The second-order valence-corrected chi connectivity index (χ2v) is 6.76. The van der Waals surface area contributed by atoms with Gasteiger partial charge in [0.05, 0.1) is 0 Å². The summed E-state index contributed by atoms with van der Waals surface area (Å²) in [4.78, 5) is 41.3. The molecule has 0 bridgehead atoms. The minimum absolute atomic E-state index is 0. The van der Waals surface area contributed by atoms with Gasteiger partial charge in [0.25, 0.3) is 0 Å². The SMILES string of the molecule is Cl.NC(=O)CC(=O)N(c1ccc(Oc2ccnc(N)c2)c(F)c1)[C@H](C(N)=O)c1ccccc1. The van der Waals surface area contributed by atoms with Crippen LogP contribution in [0.5, 0.6) is 11.5 Å². The summed E-state index contributed by atoms with van der Waals surface area (Å²) in [5, 5.41) is 0. The molecule has 3 rings (SSSR count). The molecule has 11 heteroatoms. The highest BCUT2D eigenvalue weighted by atomic mass is 35.5. The van der Waals surface area contributed by atoms with Gasteiger partial charge in [-0.15, -0.1) is 12.4 Å². The molecular formula is C22H21ClFN5O4. The zero-order valence-corrected chi connectivity index (χ0v) is 18.0. The highest BCUT2D eigenvalue weighted by Crippen LogP contribution is 2.33. The lowest BCUT2D eigenvalue weighted by Crippen LogP contribution is -2.43. The standard InChI is InChI=1S/C22H20FN5O4.ClH/c23-16-10-14(6-7-17(16)32-15-8-9-27-18(24)11-15)28(20(30)12-19(25)29)21(22(26)31)13-4-2-1-3-5-13;/h1-11,21H,12H2,(H2,24,27)(H2,25,29)(H2,26,31);1H/t21-;/m0./s1. The summed E-state index contributed by atoms with van der Waals surface area (Å²) in [5.74, 6) is -3.14. The van der Waals surface area contributed by atoms with Gasteiger partial charge in [-0.2, -0.15) is 0 Å². The highest BCUT2D eigenvalue weighted by molar-refractivity contribution is 6.08. The minimum atomic E-state index is -1.30. The number of rotatable bonds is 8. The van der Waals surface area contributed by atoms with Crippen molar-refractivity contribution in [1.82, 2.24) is 4.98 Å². The van der Waals surface area contributed by atoms with E-state index in [1.54, 1.807) is 30.3 Å². The van der Waals surface area contributed by atoms with Crippen molar-refractivity contribution >= 4 is 41.6 Å². The van der Waals surface area contributed by atoms with Crippen molar-refractivity contribution in [1.29, 1.82) is 0 Å². The molecule has 3 aromatic rings. The number of hydrogen-bond donors (Lipinski definition) is 3. The van der Waals surface area contributed by atoms with Crippen LogP contribution in [0.3, 0.4) is 0 Å². The van der Waals surface area contributed by atoms with Crippen molar-refractivity contribution in [3.63, 3.8) is 0 Å². The van der Waals surface area contributed by atoms with Gasteiger partial charge >= 0.3 is 0 Å². The van der Waals surface area contributed by atoms with E-state index < -0.39 is 36.0 Å². The van der Waals surface area contributed by atoms with E-state index in [-0.39, 0.29) is 35.4 Å². The maximum Gasteiger partial charge on any atom is 0.245 e. The average molecular weight is 474 g/mol. The third-order valence-corrected chi connectivity index (χ3v) is 4.41. The molecule has 172 valence electrons. The van der Waals surface area contributed by atoms with Gasteiger partial charge < -0.3 is 21.9 Å². The Morgan fingerprint density at radius 2 is 1.73 bits per heavy atom. The second kappa shape index (κ2) is 10.9. The average Bonchev–Trinajstić information content (AvgIpc) is 2.73. The van der Waals surface area contributed by atoms with E-state index in [0.717, 1.165) is 11.0 Å². The predicted octanol–water partition coefficient (Wildman–Crippen LogP) is 2.45. The Balaban J connectivity index is 0.00000385. The Hall–Kier alpha value is -4.18. The number of nitrogens with two attached hydrogens (primary N) is 3. The number of amides is 3. The lowest BCUT2D eigenvalue weighted by atomic mass is 10.0. The molecule has 0 aliphatic rings. The molecule has 1 heterocycles. The third kappa shape index (κ3) is 6.17. The molecule has 0 aliphatic carbocycles. The molecule has 3 amide bonds. The number of carbonyl (C=O) groups excluding carboxylic acids is 3. The number of pyridine rings is 1. The van der Waals surface area contributed by atoms with E-state index in [4.69, 9.17) is 21.9 Å². The maximum atomic E-state index is 14.9. The Labute approximate surface area is 194 Å². The summed E-state index contributed by atoms with van der Waals surface area (Å²) in [6, 6.07) is 13.4. The van der Waals surface area contributed by atoms with Crippen LogP contribution >= 0.6 is 12.4 Å². The number of nitrogens with zero attached hydrogens (tertiary/aromatic N) is 2. The molecule has 0 unspecified atom stereocenters. The first-order valence-electron chi connectivity index (χ1n) is 9.40. The van der Waals surface area contributed by atoms with Crippen LogP contribution in [0.2, 0.25) is 0 Å². The van der Waals surface area contributed by atoms with Crippen LogP contribution in [0.25, 0.3) is 0 Å². The highest BCUT2D eigenvalue weighted by Gasteiger charge is 2.32. The number of nitrogen functional groups attached to an aromatic ring is 1. The van der Waals surface area contributed by atoms with Crippen LogP contribution in [0.4, 0.5) is 15.9 Å². The van der Waals surface area contributed by atoms with Crippen LogP contribution < -0.4 is 26.8 Å². The van der Waals surface area contributed by atoms with Gasteiger partial charge in [0.1, 0.15) is 24.0 Å². The molecule has 0 radical (unpaired) electrons. The Morgan fingerprint density at radius 3 is 2.30 bits per heavy atom. The normalized spacial score (nSPS) is 11.1. The first-order valence-corrected chi connectivity index (χ1v) is 9.40. The number of halogens is 2. The van der Waals surface area contributed by atoms with Crippen LogP contribution in [0.1, 0.15) is 18.0 Å². The molecule has 2 aromatic carbocycles. The zero-order valence-electron chi connectivity index (χ0n) is 17.2. The van der Waals surface area contributed by atoms with Crippen LogP contribution in [0.15, 0.2) is 66.9 Å². The van der Waals surface area contributed by atoms with Gasteiger partial charge in [0.2, 0.25) is 17.7 Å². The molecule has 1 aromatic heterocycles. The predicted molar refractivity (Wildman–Crippen MR) is 122 cm³/mol. The molecule has 0 fully saturated rings. The van der Waals surface area contributed by atoms with Gasteiger partial charge in [-0.25, -0.2) is 9.37 Å². The summed E-state index contributed by atoms with van der Waals surface area (Å²) in [6.07, 6.45) is 0.700. The molecule has 9 nitrogen and oxygen atoms in total. The van der Waals surface area contributed by atoms with Crippen LogP contribution in [-0.2, 0) is 14.4 Å². The molecular weight excluding hydrogens is 453 g/mol. The third-order valence-electron chi connectivity index (χ3n) is 4.41. The maximum absolute atomic E-state index is 14.9. The van der Waals surface area contributed by atoms with Crippen LogP contribution in [-0.4, -0.2) is 22.7 Å². The molecule has 1 atom stereocenters. The van der Waals surface area contributed by atoms with Crippen molar-refractivity contribution in [2.45, 2.75) is 12.5 Å². The summed E-state index contributed by atoms with van der Waals surface area (Å²) >= 11 is 0. The molecule has 0 saturated heterocycles. The summed E-state index contributed by atoms with van der Waals surface area (Å²) < 4.78 is 20.4. The first kappa shape index (κ1) is 25.1. The van der Waals surface area contributed by atoms with Crippen molar-refractivity contribution in [2.75, 3.05) is 10.6 Å². The Morgan fingerprint density at radius 1 is 1.03 bits per heavy atom. The van der Waals surface area contributed by atoms with Crippen molar-refractivity contribution in [3.05, 3.63) is 78.2 Å². The van der Waals surface area contributed by atoms with Crippen molar-refractivity contribution < 1.29 is 23.5 Å². The van der Waals surface area contributed by atoms with Crippen molar-refractivity contribution in [3.8, 4) is 11.5 Å². The fourth-order valence-electron chi connectivity index (χ4n) is 3.09. The lowest BCUT2D eigenvalue weighted by molar-refractivity contribution is -0.128. The molecule has 0 spiro atoms. The number of carbonyl (C=O) groups is 3. The van der Waals surface area contributed by atoms with Gasteiger partial charge in [0.15, 0.2) is 11.6 Å². The second-order valence-electron chi connectivity index (χ2n) is 6.76. The number of ether oxygens (including phenoxy) is 1. The van der Waals surface area contributed by atoms with E-state index in [2.05, 4.69) is 4.98 Å². The van der Waals surface area contributed by atoms with E-state index in [1.165, 1.54) is 30.5 Å². The lowest BCUT2D eigenvalue weighted by Gasteiger charge is -2.30. The minimum Gasteiger partial charge on any atom is -0.454 e. The number of anilines is 2. The zero-order chi connectivity index (χ0) is 23.3. The van der Waals surface area contributed by atoms with Gasteiger partial charge in [-0.05, 0) is 23.8 Å². The smallest absolute Gasteiger partial charge is 0.245 e. The fraction of sp³-hybridized carbons (Fsp3) is 0.0909. The van der Waals surface area contributed by atoms with Gasteiger partial charge in [-0.3, -0.25) is 19.3 Å². The summed E-state index contributed by atoms with van der Waals surface area (Å²) in [5.41, 5.74) is 16.7. The monoisotopic (exact) mass is 473 g/mol. The van der Waals surface area contributed by atoms with E-state index in [0.29, 0.717) is 5.56 Å². The largest absolute Gasteiger partial charge is 0.454 e. The first-order chi connectivity index (χ1) is 15.3. The molecule has 6 N–H and O–H groups in total. The van der Waals surface area contributed by atoms with Gasteiger partial charge in [-0.1, -0.05) is 30.3 Å². The Kier molecular flexibility index (Phi) is 8.30. The fourth-order valence-corrected chi connectivity index (χ4v) is 3.09. The Bertz CT molecular complexity index is 1160. The van der Waals surface area contributed by atoms with Gasteiger partial charge in [0, 0.05) is 24.0 Å². The molecule has 0 aliphatic heterocycles. The van der Waals surface area contributed by atoms with Crippen LogP contribution in [0, 0.1) is 5.82 Å². The summed E-state index contributed by atoms with van der Waals surface area (Å²) in [6.45, 7) is 0. The number of aromatic nitrogens is 1. The molecule has 0 saturated carbocycles.